The Morgan fingerprint density at radius 2 is 2.17 bits per heavy atom. The van der Waals surface area contributed by atoms with E-state index in [0.29, 0.717) is 11.5 Å². The standard InChI is InChI=1S/C10H9N7O/c18-10(11-5-8-13-16-17-14-8)9-6-3-1-2-4-7(6)12-15-9/h1-4H,5H2,(H,11,18)(H,12,15)(H,13,14,16,17). The van der Waals surface area contributed by atoms with Gasteiger partial charge in [-0.25, -0.2) is 0 Å². The molecule has 0 saturated carbocycles. The van der Waals surface area contributed by atoms with E-state index >= 15 is 0 Å². The summed E-state index contributed by atoms with van der Waals surface area (Å²) in [6.45, 7) is 0.205. The molecule has 2 aromatic heterocycles. The molecule has 0 aliphatic rings. The predicted octanol–water partition coefficient (Wildman–Crippen LogP) is 0.00600. The van der Waals surface area contributed by atoms with Crippen LogP contribution < -0.4 is 5.32 Å². The van der Waals surface area contributed by atoms with Crippen molar-refractivity contribution in [3.63, 3.8) is 0 Å². The van der Waals surface area contributed by atoms with Crippen LogP contribution in [0.15, 0.2) is 24.3 Å². The lowest BCUT2D eigenvalue weighted by atomic mass is 10.2. The Balaban J connectivity index is 1.80. The number of hydrogen-bond acceptors (Lipinski definition) is 5. The summed E-state index contributed by atoms with van der Waals surface area (Å²) in [4.78, 5) is 11.9. The summed E-state index contributed by atoms with van der Waals surface area (Å²) in [6, 6.07) is 7.43. The van der Waals surface area contributed by atoms with Crippen LogP contribution in [0.1, 0.15) is 16.3 Å². The zero-order valence-corrected chi connectivity index (χ0v) is 9.21. The van der Waals surface area contributed by atoms with Crippen molar-refractivity contribution in [2.75, 3.05) is 0 Å². The minimum absolute atomic E-state index is 0.205. The van der Waals surface area contributed by atoms with E-state index in [1.165, 1.54) is 0 Å². The molecular formula is C10H9N7O. The van der Waals surface area contributed by atoms with E-state index in [4.69, 9.17) is 0 Å². The number of nitrogens with zero attached hydrogens (tertiary/aromatic N) is 4. The van der Waals surface area contributed by atoms with Gasteiger partial charge in [0.1, 0.15) is 0 Å². The first-order chi connectivity index (χ1) is 8.84. The van der Waals surface area contributed by atoms with Crippen molar-refractivity contribution in [1.29, 1.82) is 0 Å². The lowest BCUT2D eigenvalue weighted by molar-refractivity contribution is 0.0946. The number of nitrogens with one attached hydrogen (secondary N) is 3. The molecule has 0 bridgehead atoms. The Kier molecular flexibility index (Phi) is 2.45. The number of carbonyl (C=O) groups excluding carboxylic acids is 1. The molecule has 1 aromatic carbocycles. The molecule has 0 aliphatic heterocycles. The first-order valence-electron chi connectivity index (χ1n) is 5.28. The van der Waals surface area contributed by atoms with Gasteiger partial charge in [0.05, 0.1) is 12.1 Å². The number of aromatic nitrogens is 6. The minimum Gasteiger partial charge on any atom is -0.343 e. The minimum atomic E-state index is -0.280. The molecule has 3 aromatic rings. The number of H-pyrrole nitrogens is 2. The maximum Gasteiger partial charge on any atom is 0.272 e. The van der Waals surface area contributed by atoms with E-state index in [0.717, 1.165) is 10.9 Å². The Labute approximate surface area is 101 Å². The molecule has 8 nitrogen and oxygen atoms in total. The van der Waals surface area contributed by atoms with Crippen molar-refractivity contribution < 1.29 is 4.79 Å². The van der Waals surface area contributed by atoms with Gasteiger partial charge in [0.15, 0.2) is 11.5 Å². The van der Waals surface area contributed by atoms with Gasteiger partial charge in [-0.05, 0) is 6.07 Å². The number of tetrazole rings is 1. The number of aromatic amines is 2. The van der Waals surface area contributed by atoms with Gasteiger partial charge in [-0.1, -0.05) is 23.4 Å². The molecule has 18 heavy (non-hydrogen) atoms. The molecule has 0 aliphatic carbocycles. The monoisotopic (exact) mass is 243 g/mol. The zero-order valence-electron chi connectivity index (χ0n) is 9.21. The lowest BCUT2D eigenvalue weighted by Crippen LogP contribution is -2.24. The van der Waals surface area contributed by atoms with Crippen molar-refractivity contribution in [3.8, 4) is 0 Å². The third-order valence-corrected chi connectivity index (χ3v) is 2.48. The second kappa shape index (κ2) is 4.24. The summed E-state index contributed by atoms with van der Waals surface area (Å²) in [5.74, 6) is 0.139. The highest BCUT2D eigenvalue weighted by Gasteiger charge is 2.13. The quantitative estimate of drug-likeness (QED) is 0.599. The molecule has 0 saturated heterocycles. The number of amides is 1. The molecule has 8 heteroatoms. The SMILES string of the molecule is O=C(NCc1nn[nH]n1)c1n[nH]c2ccccc12. The third-order valence-electron chi connectivity index (χ3n) is 2.48. The number of para-hydroxylation sites is 1. The van der Waals surface area contributed by atoms with Crippen LogP contribution in [0.4, 0.5) is 0 Å². The molecule has 1 amide bonds. The number of benzene rings is 1. The highest BCUT2D eigenvalue weighted by molar-refractivity contribution is 6.04. The first-order valence-corrected chi connectivity index (χ1v) is 5.28. The summed E-state index contributed by atoms with van der Waals surface area (Å²) in [6.07, 6.45) is 0. The topological polar surface area (TPSA) is 112 Å². The number of hydrogen-bond donors (Lipinski definition) is 3. The molecule has 3 rings (SSSR count). The van der Waals surface area contributed by atoms with E-state index in [2.05, 4.69) is 36.1 Å². The summed E-state index contributed by atoms with van der Waals surface area (Å²) in [5, 5.41) is 23.5. The van der Waals surface area contributed by atoms with Crippen LogP contribution in [0.25, 0.3) is 10.9 Å². The van der Waals surface area contributed by atoms with Crippen LogP contribution in [0.3, 0.4) is 0 Å². The average Bonchev–Trinajstić information content (AvgIpc) is 3.05. The molecule has 0 unspecified atom stereocenters. The third kappa shape index (κ3) is 1.79. The lowest BCUT2D eigenvalue weighted by Gasteiger charge is -1.99. The van der Waals surface area contributed by atoms with Gasteiger partial charge in [-0.3, -0.25) is 9.89 Å². The first kappa shape index (κ1) is 10.4. The van der Waals surface area contributed by atoms with Crippen molar-refractivity contribution in [1.82, 2.24) is 36.1 Å². The van der Waals surface area contributed by atoms with Gasteiger partial charge < -0.3 is 5.32 Å². The molecule has 0 fully saturated rings. The maximum atomic E-state index is 11.9. The normalized spacial score (nSPS) is 10.7. The van der Waals surface area contributed by atoms with E-state index in [-0.39, 0.29) is 12.5 Å². The maximum absolute atomic E-state index is 11.9. The fourth-order valence-electron chi connectivity index (χ4n) is 1.64. The zero-order chi connectivity index (χ0) is 12.4. The largest absolute Gasteiger partial charge is 0.343 e. The molecule has 0 atom stereocenters. The Morgan fingerprint density at radius 3 is 3.00 bits per heavy atom. The molecule has 0 spiro atoms. The fraction of sp³-hybridized carbons (Fsp3) is 0.100. The Morgan fingerprint density at radius 1 is 1.28 bits per heavy atom. The second-order valence-corrected chi connectivity index (χ2v) is 3.63. The molecule has 2 heterocycles. The van der Waals surface area contributed by atoms with Crippen LogP contribution >= 0.6 is 0 Å². The number of rotatable bonds is 3. The Bertz CT molecular complexity index is 672. The highest BCUT2D eigenvalue weighted by atomic mass is 16.1. The molecule has 90 valence electrons. The van der Waals surface area contributed by atoms with Gasteiger partial charge in [-0.2, -0.15) is 10.3 Å². The van der Waals surface area contributed by atoms with E-state index in [9.17, 15) is 4.79 Å². The van der Waals surface area contributed by atoms with Crippen molar-refractivity contribution in [2.45, 2.75) is 6.54 Å². The van der Waals surface area contributed by atoms with Crippen LogP contribution in [-0.4, -0.2) is 36.7 Å². The smallest absolute Gasteiger partial charge is 0.272 e. The molecular weight excluding hydrogens is 234 g/mol. The van der Waals surface area contributed by atoms with Gasteiger partial charge in [0.2, 0.25) is 0 Å². The van der Waals surface area contributed by atoms with Crippen LogP contribution in [0, 0.1) is 0 Å². The predicted molar refractivity (Wildman–Crippen MR) is 61.4 cm³/mol. The van der Waals surface area contributed by atoms with E-state index < -0.39 is 0 Å². The van der Waals surface area contributed by atoms with Gasteiger partial charge in [0.25, 0.3) is 5.91 Å². The summed E-state index contributed by atoms with van der Waals surface area (Å²) in [7, 11) is 0. The van der Waals surface area contributed by atoms with Crippen LogP contribution in [0.5, 0.6) is 0 Å². The van der Waals surface area contributed by atoms with Crippen LogP contribution in [0.2, 0.25) is 0 Å². The number of carbonyl (C=O) groups is 1. The second-order valence-electron chi connectivity index (χ2n) is 3.63. The summed E-state index contributed by atoms with van der Waals surface area (Å²) in [5.41, 5.74) is 1.18. The van der Waals surface area contributed by atoms with Gasteiger partial charge in [0, 0.05) is 5.39 Å². The number of fused-ring (bicyclic) bond motifs is 1. The molecule has 3 N–H and O–H groups in total. The average molecular weight is 243 g/mol. The Hall–Kier alpha value is -2.77. The van der Waals surface area contributed by atoms with Gasteiger partial charge >= 0.3 is 0 Å². The van der Waals surface area contributed by atoms with E-state index in [1.807, 2.05) is 24.3 Å². The summed E-state index contributed by atoms with van der Waals surface area (Å²) < 4.78 is 0. The summed E-state index contributed by atoms with van der Waals surface area (Å²) >= 11 is 0. The van der Waals surface area contributed by atoms with E-state index in [1.54, 1.807) is 0 Å². The van der Waals surface area contributed by atoms with Crippen molar-refractivity contribution in [2.24, 2.45) is 0 Å². The van der Waals surface area contributed by atoms with Gasteiger partial charge in [-0.15, -0.1) is 10.2 Å². The highest BCUT2D eigenvalue weighted by Crippen LogP contribution is 2.14. The van der Waals surface area contributed by atoms with Crippen molar-refractivity contribution >= 4 is 16.8 Å². The molecule has 0 radical (unpaired) electrons. The van der Waals surface area contributed by atoms with Crippen LogP contribution in [-0.2, 0) is 6.54 Å². The van der Waals surface area contributed by atoms with Crippen molar-refractivity contribution in [3.05, 3.63) is 35.8 Å². The fourth-order valence-corrected chi connectivity index (χ4v) is 1.64.